The van der Waals surface area contributed by atoms with Crippen molar-refractivity contribution in [2.45, 2.75) is 13.0 Å². The van der Waals surface area contributed by atoms with Crippen molar-refractivity contribution in [2.75, 3.05) is 39.2 Å². The number of amides is 1. The van der Waals surface area contributed by atoms with E-state index >= 15 is 0 Å². The quantitative estimate of drug-likeness (QED) is 0.652. The number of carbonyl (C=O) groups is 1. The number of likely N-dealkylation sites (N-methyl/N-ethyl adjacent to an activating group) is 1. The Hall–Kier alpha value is -3.02. The number of hydrogen-bond donors (Lipinski definition) is 1. The first-order chi connectivity index (χ1) is 13.1. The number of benzene rings is 2. The van der Waals surface area contributed by atoms with Gasteiger partial charge in [-0.3, -0.25) is 9.79 Å². The van der Waals surface area contributed by atoms with Crippen LogP contribution in [-0.4, -0.2) is 51.1 Å². The second-order valence-electron chi connectivity index (χ2n) is 6.66. The number of nitrogens with one attached hydrogen (secondary N) is 1. The predicted octanol–water partition coefficient (Wildman–Crippen LogP) is 2.29. The summed E-state index contributed by atoms with van der Waals surface area (Å²) in [5.41, 5.74) is 3.63. The molecule has 0 aromatic heterocycles. The van der Waals surface area contributed by atoms with Gasteiger partial charge in [0.15, 0.2) is 12.6 Å². The fourth-order valence-electron chi connectivity index (χ4n) is 3.05. The summed E-state index contributed by atoms with van der Waals surface area (Å²) in [4.78, 5) is 19.8. The molecule has 0 spiro atoms. The van der Waals surface area contributed by atoms with Gasteiger partial charge in [-0.15, -0.1) is 0 Å². The van der Waals surface area contributed by atoms with Crippen molar-refractivity contribution in [3.8, 4) is 5.75 Å². The van der Waals surface area contributed by atoms with Crippen molar-refractivity contribution < 1.29 is 9.53 Å². The zero-order chi connectivity index (χ0) is 19.2. The highest BCUT2D eigenvalue weighted by atomic mass is 16.5. The molecule has 2 aromatic rings. The molecule has 27 heavy (non-hydrogen) atoms. The zero-order valence-electron chi connectivity index (χ0n) is 16.1. The average Bonchev–Trinajstić information content (AvgIpc) is 3.11. The van der Waals surface area contributed by atoms with Crippen LogP contribution in [0.4, 0.5) is 5.69 Å². The van der Waals surface area contributed by atoms with Crippen molar-refractivity contribution in [1.82, 2.24) is 10.2 Å². The van der Waals surface area contributed by atoms with Gasteiger partial charge in [0.1, 0.15) is 5.75 Å². The van der Waals surface area contributed by atoms with Crippen molar-refractivity contribution in [3.63, 3.8) is 0 Å². The number of ether oxygens (including phenoxy) is 1. The fraction of sp³-hybridized carbons (Fsp3) is 0.333. The maximum absolute atomic E-state index is 11.7. The largest absolute Gasteiger partial charge is 0.484 e. The first kappa shape index (κ1) is 18.8. The standard InChI is InChI=1S/C21H26N4O2/c1-22-21(25-12-11-17-8-4-5-10-19(17)25)23-14-16-7-6-9-18(13-16)27-15-20(26)24(2)3/h4-10,13H,11-12,14-15H2,1-3H3,(H,22,23). The Kier molecular flexibility index (Phi) is 5.96. The highest BCUT2D eigenvalue weighted by Gasteiger charge is 2.22. The molecule has 3 rings (SSSR count). The maximum atomic E-state index is 11.7. The van der Waals surface area contributed by atoms with Gasteiger partial charge in [-0.25, -0.2) is 0 Å². The van der Waals surface area contributed by atoms with Gasteiger partial charge in [-0.2, -0.15) is 0 Å². The molecule has 1 N–H and O–H groups in total. The molecule has 0 aliphatic carbocycles. The number of guanidine groups is 1. The second-order valence-corrected chi connectivity index (χ2v) is 6.66. The summed E-state index contributed by atoms with van der Waals surface area (Å²) in [5.74, 6) is 1.48. The summed E-state index contributed by atoms with van der Waals surface area (Å²) in [6.45, 7) is 1.59. The molecule has 2 aromatic carbocycles. The molecular formula is C21H26N4O2. The van der Waals surface area contributed by atoms with Gasteiger partial charge in [0.05, 0.1) is 0 Å². The molecular weight excluding hydrogens is 340 g/mol. The summed E-state index contributed by atoms with van der Waals surface area (Å²) < 4.78 is 5.59. The lowest BCUT2D eigenvalue weighted by Crippen LogP contribution is -2.40. The molecule has 6 heteroatoms. The second kappa shape index (κ2) is 8.58. The van der Waals surface area contributed by atoms with Crippen LogP contribution in [0.5, 0.6) is 5.75 Å². The lowest BCUT2D eigenvalue weighted by Gasteiger charge is -2.22. The molecule has 1 heterocycles. The van der Waals surface area contributed by atoms with E-state index in [0.29, 0.717) is 12.3 Å². The zero-order valence-corrected chi connectivity index (χ0v) is 16.1. The van der Waals surface area contributed by atoms with Gasteiger partial charge in [-0.05, 0) is 35.7 Å². The van der Waals surface area contributed by atoms with Crippen molar-refractivity contribution >= 4 is 17.6 Å². The van der Waals surface area contributed by atoms with Crippen LogP contribution in [0.2, 0.25) is 0 Å². The molecule has 1 amide bonds. The van der Waals surface area contributed by atoms with E-state index in [9.17, 15) is 4.79 Å². The normalized spacial score (nSPS) is 13.3. The fourth-order valence-corrected chi connectivity index (χ4v) is 3.05. The van der Waals surface area contributed by atoms with E-state index in [-0.39, 0.29) is 12.5 Å². The molecule has 1 aliphatic heterocycles. The SMILES string of the molecule is CN=C(NCc1cccc(OCC(=O)N(C)C)c1)N1CCc2ccccc21. The lowest BCUT2D eigenvalue weighted by molar-refractivity contribution is -0.130. The predicted molar refractivity (Wildman–Crippen MR) is 108 cm³/mol. The molecule has 0 bridgehead atoms. The van der Waals surface area contributed by atoms with Gasteiger partial charge < -0.3 is 19.9 Å². The first-order valence-electron chi connectivity index (χ1n) is 9.06. The Morgan fingerprint density at radius 3 is 2.81 bits per heavy atom. The van der Waals surface area contributed by atoms with Crippen LogP contribution in [0.25, 0.3) is 0 Å². The molecule has 0 saturated carbocycles. The highest BCUT2D eigenvalue weighted by Crippen LogP contribution is 2.27. The van der Waals surface area contributed by atoms with Gasteiger partial charge in [0, 0.05) is 39.9 Å². The average molecular weight is 366 g/mol. The summed E-state index contributed by atoms with van der Waals surface area (Å²) >= 11 is 0. The minimum Gasteiger partial charge on any atom is -0.484 e. The lowest BCUT2D eigenvalue weighted by atomic mass is 10.2. The third-order valence-corrected chi connectivity index (χ3v) is 4.56. The van der Waals surface area contributed by atoms with E-state index in [1.54, 1.807) is 21.1 Å². The number of fused-ring (bicyclic) bond motifs is 1. The number of carbonyl (C=O) groups excluding carboxylic acids is 1. The number of hydrogen-bond acceptors (Lipinski definition) is 3. The Bertz CT molecular complexity index is 832. The summed E-state index contributed by atoms with van der Waals surface area (Å²) in [6, 6.07) is 16.2. The summed E-state index contributed by atoms with van der Waals surface area (Å²) in [7, 11) is 5.23. The molecule has 0 saturated heterocycles. The van der Waals surface area contributed by atoms with Gasteiger partial charge >= 0.3 is 0 Å². The van der Waals surface area contributed by atoms with Gasteiger partial charge in [0.25, 0.3) is 5.91 Å². The number of rotatable bonds is 5. The van der Waals surface area contributed by atoms with Crippen LogP contribution in [0, 0.1) is 0 Å². The minimum absolute atomic E-state index is 0.0378. The maximum Gasteiger partial charge on any atom is 0.259 e. The van der Waals surface area contributed by atoms with E-state index in [2.05, 4.69) is 39.5 Å². The van der Waals surface area contributed by atoms with E-state index in [0.717, 1.165) is 24.5 Å². The third-order valence-electron chi connectivity index (χ3n) is 4.56. The van der Waals surface area contributed by atoms with Crippen molar-refractivity contribution in [3.05, 3.63) is 59.7 Å². The van der Waals surface area contributed by atoms with Gasteiger partial charge in [-0.1, -0.05) is 30.3 Å². The molecule has 1 aliphatic rings. The van der Waals surface area contributed by atoms with E-state index in [4.69, 9.17) is 4.74 Å². The number of nitrogens with zero attached hydrogens (tertiary/aromatic N) is 3. The Morgan fingerprint density at radius 2 is 2.04 bits per heavy atom. The van der Waals surface area contributed by atoms with Crippen LogP contribution in [0.15, 0.2) is 53.5 Å². The minimum atomic E-state index is -0.0633. The number of para-hydroxylation sites is 1. The molecule has 142 valence electrons. The number of aliphatic imine (C=N–C) groups is 1. The molecule has 6 nitrogen and oxygen atoms in total. The van der Waals surface area contributed by atoms with Crippen LogP contribution in [0.3, 0.4) is 0 Å². The topological polar surface area (TPSA) is 57.2 Å². The Balaban J connectivity index is 1.61. The molecule has 0 atom stereocenters. The van der Waals surface area contributed by atoms with E-state index < -0.39 is 0 Å². The highest BCUT2D eigenvalue weighted by molar-refractivity contribution is 5.97. The first-order valence-corrected chi connectivity index (χ1v) is 9.06. The van der Waals surface area contributed by atoms with Crippen LogP contribution >= 0.6 is 0 Å². The summed E-state index contributed by atoms with van der Waals surface area (Å²) in [6.07, 6.45) is 1.03. The van der Waals surface area contributed by atoms with E-state index in [1.807, 2.05) is 24.3 Å². The molecule has 0 fully saturated rings. The van der Waals surface area contributed by atoms with Crippen LogP contribution in [0.1, 0.15) is 11.1 Å². The Labute approximate surface area is 160 Å². The van der Waals surface area contributed by atoms with Crippen molar-refractivity contribution in [1.29, 1.82) is 0 Å². The number of anilines is 1. The third kappa shape index (κ3) is 4.58. The monoisotopic (exact) mass is 366 g/mol. The summed E-state index contributed by atoms with van der Waals surface area (Å²) in [5, 5.41) is 3.42. The Morgan fingerprint density at radius 1 is 1.22 bits per heavy atom. The smallest absolute Gasteiger partial charge is 0.259 e. The molecule has 0 radical (unpaired) electrons. The van der Waals surface area contributed by atoms with E-state index in [1.165, 1.54) is 16.2 Å². The van der Waals surface area contributed by atoms with Gasteiger partial charge in [0.2, 0.25) is 0 Å². The van der Waals surface area contributed by atoms with Crippen LogP contribution in [-0.2, 0) is 17.8 Å². The molecule has 0 unspecified atom stereocenters. The van der Waals surface area contributed by atoms with Crippen molar-refractivity contribution in [2.24, 2.45) is 4.99 Å². The van der Waals surface area contributed by atoms with Crippen LogP contribution < -0.4 is 15.0 Å².